The van der Waals surface area contributed by atoms with Crippen LogP contribution in [0.15, 0.2) is 28.7 Å². The van der Waals surface area contributed by atoms with E-state index in [0.29, 0.717) is 6.10 Å². The van der Waals surface area contributed by atoms with E-state index in [1.54, 1.807) is 7.11 Å². The first kappa shape index (κ1) is 16.9. The lowest BCUT2D eigenvalue weighted by molar-refractivity contribution is -0.0745. The maximum absolute atomic E-state index is 6.39. The molecule has 2 rings (SSSR count). The highest BCUT2D eigenvalue weighted by atomic mass is 79.9. The number of ether oxygens (including phenoxy) is 2. The lowest BCUT2D eigenvalue weighted by atomic mass is 9.93. The Labute approximate surface area is 136 Å². The van der Waals surface area contributed by atoms with Gasteiger partial charge in [0.25, 0.3) is 0 Å². The van der Waals surface area contributed by atoms with Crippen molar-refractivity contribution in [1.82, 2.24) is 0 Å². The van der Waals surface area contributed by atoms with E-state index in [2.05, 4.69) is 35.0 Å². The molecule has 4 unspecified atom stereocenters. The molecule has 0 aromatic heterocycles. The number of nitrogens with two attached hydrogens (primary N) is 1. The van der Waals surface area contributed by atoms with Crippen LogP contribution in [0.2, 0.25) is 0 Å². The molecule has 1 aliphatic carbocycles. The van der Waals surface area contributed by atoms with Crippen molar-refractivity contribution in [2.24, 2.45) is 5.73 Å². The molecule has 2 N–H and O–H groups in total. The van der Waals surface area contributed by atoms with Gasteiger partial charge in [0.2, 0.25) is 0 Å². The Hall–Kier alpha value is -0.420. The molecular formula is C17H26BrNO2. The second kappa shape index (κ2) is 8.28. The molecule has 0 bridgehead atoms. The Morgan fingerprint density at radius 1 is 1.33 bits per heavy atom. The van der Waals surface area contributed by atoms with E-state index in [4.69, 9.17) is 15.2 Å². The summed E-state index contributed by atoms with van der Waals surface area (Å²) < 4.78 is 13.0. The Bertz CT molecular complexity index is 441. The Morgan fingerprint density at radius 2 is 2.10 bits per heavy atom. The van der Waals surface area contributed by atoms with E-state index in [9.17, 15) is 0 Å². The van der Waals surface area contributed by atoms with Crippen LogP contribution in [0.25, 0.3) is 0 Å². The third-order valence-corrected chi connectivity index (χ3v) is 4.78. The Morgan fingerprint density at radius 3 is 2.76 bits per heavy atom. The van der Waals surface area contributed by atoms with Gasteiger partial charge in [-0.15, -0.1) is 0 Å². The minimum absolute atomic E-state index is 0.0159. The molecule has 1 aliphatic rings. The summed E-state index contributed by atoms with van der Waals surface area (Å²) in [5.41, 5.74) is 7.46. The van der Waals surface area contributed by atoms with Crippen LogP contribution in [0, 0.1) is 0 Å². The van der Waals surface area contributed by atoms with Crippen LogP contribution in [0.5, 0.6) is 0 Å². The van der Waals surface area contributed by atoms with Gasteiger partial charge in [0, 0.05) is 17.6 Å². The van der Waals surface area contributed by atoms with Gasteiger partial charge in [0.1, 0.15) is 0 Å². The second-order valence-electron chi connectivity index (χ2n) is 5.83. The maximum atomic E-state index is 6.39. The zero-order valence-electron chi connectivity index (χ0n) is 12.9. The van der Waals surface area contributed by atoms with Crippen LogP contribution < -0.4 is 5.73 Å². The van der Waals surface area contributed by atoms with Crippen LogP contribution in [0.1, 0.15) is 50.7 Å². The van der Waals surface area contributed by atoms with E-state index in [0.717, 1.165) is 42.1 Å². The summed E-state index contributed by atoms with van der Waals surface area (Å²) in [5.74, 6) is 0. The zero-order chi connectivity index (χ0) is 15.2. The summed E-state index contributed by atoms with van der Waals surface area (Å²) in [6.45, 7) is 2.11. The first-order valence-corrected chi connectivity index (χ1v) is 8.62. The van der Waals surface area contributed by atoms with E-state index in [1.165, 1.54) is 0 Å². The smallest absolute Gasteiger partial charge is 0.0979 e. The van der Waals surface area contributed by atoms with Crippen molar-refractivity contribution >= 4 is 15.9 Å². The molecule has 0 saturated heterocycles. The number of hydrogen-bond donors (Lipinski definition) is 1. The van der Waals surface area contributed by atoms with Crippen LogP contribution in [-0.4, -0.2) is 25.4 Å². The van der Waals surface area contributed by atoms with E-state index < -0.39 is 0 Å². The fourth-order valence-electron chi connectivity index (χ4n) is 2.97. The molecule has 0 aliphatic heterocycles. The van der Waals surface area contributed by atoms with Gasteiger partial charge < -0.3 is 15.2 Å². The lowest BCUT2D eigenvalue weighted by Gasteiger charge is -2.33. The predicted octanol–water partition coefficient (Wildman–Crippen LogP) is 4.20. The first-order chi connectivity index (χ1) is 10.1. The van der Waals surface area contributed by atoms with E-state index in [-0.39, 0.29) is 18.2 Å². The molecule has 0 amide bonds. The van der Waals surface area contributed by atoms with Gasteiger partial charge in [-0.05, 0) is 49.8 Å². The highest BCUT2D eigenvalue weighted by molar-refractivity contribution is 9.10. The van der Waals surface area contributed by atoms with Crippen molar-refractivity contribution < 1.29 is 9.47 Å². The molecule has 1 saturated carbocycles. The van der Waals surface area contributed by atoms with Crippen molar-refractivity contribution in [2.45, 2.75) is 63.4 Å². The van der Waals surface area contributed by atoms with Crippen molar-refractivity contribution in [1.29, 1.82) is 0 Å². The fourth-order valence-corrected chi connectivity index (χ4v) is 3.39. The van der Waals surface area contributed by atoms with Gasteiger partial charge in [-0.1, -0.05) is 35.0 Å². The van der Waals surface area contributed by atoms with E-state index in [1.807, 2.05) is 12.1 Å². The summed E-state index contributed by atoms with van der Waals surface area (Å²) in [4.78, 5) is 0. The largest absolute Gasteiger partial charge is 0.381 e. The third-order valence-electron chi connectivity index (χ3n) is 4.29. The molecule has 0 heterocycles. The second-order valence-corrected chi connectivity index (χ2v) is 6.75. The molecule has 4 heteroatoms. The first-order valence-electron chi connectivity index (χ1n) is 7.83. The van der Waals surface area contributed by atoms with Gasteiger partial charge in [0.15, 0.2) is 0 Å². The number of methoxy groups -OCH3 is 1. The van der Waals surface area contributed by atoms with E-state index >= 15 is 0 Å². The molecule has 21 heavy (non-hydrogen) atoms. The summed E-state index contributed by atoms with van der Waals surface area (Å²) >= 11 is 3.53. The van der Waals surface area contributed by atoms with Gasteiger partial charge in [-0.3, -0.25) is 0 Å². The average molecular weight is 356 g/mol. The average Bonchev–Trinajstić information content (AvgIpc) is 2.52. The zero-order valence-corrected chi connectivity index (χ0v) is 14.5. The molecule has 118 valence electrons. The summed E-state index contributed by atoms with van der Waals surface area (Å²) in [7, 11) is 1.79. The molecule has 1 aromatic carbocycles. The number of rotatable bonds is 6. The minimum Gasteiger partial charge on any atom is -0.381 e. The summed E-state index contributed by atoms with van der Waals surface area (Å²) in [6, 6.07) is 8.29. The Kier molecular flexibility index (Phi) is 6.68. The van der Waals surface area contributed by atoms with Crippen LogP contribution in [0.3, 0.4) is 0 Å². The summed E-state index contributed by atoms with van der Waals surface area (Å²) in [5, 5.41) is 0. The lowest BCUT2D eigenvalue weighted by Crippen LogP contribution is -2.35. The van der Waals surface area contributed by atoms with Crippen molar-refractivity contribution in [3.8, 4) is 0 Å². The molecule has 1 aromatic rings. The SMILES string of the molecule is CCC(N)C(OC1CCCC(OC)C1)c1cccc(Br)c1. The quantitative estimate of drug-likeness (QED) is 0.831. The summed E-state index contributed by atoms with van der Waals surface area (Å²) in [6.07, 6.45) is 5.78. The van der Waals surface area contributed by atoms with Gasteiger partial charge in [0.05, 0.1) is 18.3 Å². The Balaban J connectivity index is 2.09. The standard InChI is InChI=1S/C17H26BrNO2/c1-3-16(19)17(12-6-4-7-13(18)10-12)21-15-9-5-8-14(11-15)20-2/h4,6-7,10,14-17H,3,5,8-9,11,19H2,1-2H3. The van der Waals surface area contributed by atoms with Crippen molar-refractivity contribution in [3.63, 3.8) is 0 Å². The van der Waals surface area contributed by atoms with Crippen LogP contribution >= 0.6 is 15.9 Å². The normalized spacial score (nSPS) is 25.5. The molecule has 0 spiro atoms. The fraction of sp³-hybridized carbons (Fsp3) is 0.647. The van der Waals surface area contributed by atoms with Crippen LogP contribution in [0.4, 0.5) is 0 Å². The van der Waals surface area contributed by atoms with Gasteiger partial charge in [-0.25, -0.2) is 0 Å². The minimum atomic E-state index is -0.0480. The van der Waals surface area contributed by atoms with Crippen molar-refractivity contribution in [3.05, 3.63) is 34.3 Å². The predicted molar refractivity (Wildman–Crippen MR) is 89.3 cm³/mol. The molecule has 3 nitrogen and oxygen atoms in total. The highest BCUT2D eigenvalue weighted by Crippen LogP contribution is 2.31. The number of halogens is 1. The highest BCUT2D eigenvalue weighted by Gasteiger charge is 2.28. The number of hydrogen-bond acceptors (Lipinski definition) is 3. The topological polar surface area (TPSA) is 44.5 Å². The monoisotopic (exact) mass is 355 g/mol. The van der Waals surface area contributed by atoms with Crippen molar-refractivity contribution in [2.75, 3.05) is 7.11 Å². The molecule has 0 radical (unpaired) electrons. The van der Waals surface area contributed by atoms with Crippen LogP contribution in [-0.2, 0) is 9.47 Å². The number of benzene rings is 1. The molecule has 4 atom stereocenters. The molecule has 1 fully saturated rings. The van der Waals surface area contributed by atoms with Gasteiger partial charge >= 0.3 is 0 Å². The molecular weight excluding hydrogens is 330 g/mol. The third kappa shape index (κ3) is 4.78. The maximum Gasteiger partial charge on any atom is 0.0979 e. The van der Waals surface area contributed by atoms with Gasteiger partial charge in [-0.2, -0.15) is 0 Å².